The first-order valence-corrected chi connectivity index (χ1v) is 6.02. The lowest BCUT2D eigenvalue weighted by Crippen LogP contribution is -2.55. The van der Waals surface area contributed by atoms with Crippen LogP contribution in [0.2, 0.25) is 0 Å². The van der Waals surface area contributed by atoms with E-state index in [-0.39, 0.29) is 5.91 Å². The third-order valence-corrected chi connectivity index (χ3v) is 3.57. The molecule has 0 atom stereocenters. The molecule has 0 spiro atoms. The molecule has 1 rings (SSSR count). The number of aromatic nitrogens is 1. The number of carbonyl (C=O) groups excluding carboxylic acids is 1. The van der Waals surface area contributed by atoms with E-state index in [9.17, 15) is 4.79 Å². The highest BCUT2D eigenvalue weighted by Crippen LogP contribution is 2.30. The quantitative estimate of drug-likeness (QED) is 0.886. The van der Waals surface area contributed by atoms with Crippen molar-refractivity contribution in [1.29, 1.82) is 0 Å². The minimum absolute atomic E-state index is 0.00402. The summed E-state index contributed by atoms with van der Waals surface area (Å²) in [6.07, 6.45) is 0. The maximum atomic E-state index is 12.4. The highest BCUT2D eigenvalue weighted by Gasteiger charge is 2.42. The second kappa shape index (κ2) is 4.72. The lowest BCUT2D eigenvalue weighted by molar-refractivity contribution is -0.142. The summed E-state index contributed by atoms with van der Waals surface area (Å²) in [6.45, 7) is 9.69. The number of nitrogens with zero attached hydrogens (tertiary/aromatic N) is 2. The summed E-state index contributed by atoms with van der Waals surface area (Å²) in [5.74, 6) is 0.736. The summed E-state index contributed by atoms with van der Waals surface area (Å²) >= 11 is 0. The van der Waals surface area contributed by atoms with Crippen molar-refractivity contribution in [3.05, 3.63) is 17.5 Å². The van der Waals surface area contributed by atoms with Crippen molar-refractivity contribution in [2.45, 2.75) is 46.7 Å². The third-order valence-electron chi connectivity index (χ3n) is 3.57. The Labute approximate surface area is 108 Å². The van der Waals surface area contributed by atoms with E-state index in [4.69, 9.17) is 10.3 Å². The van der Waals surface area contributed by atoms with Gasteiger partial charge in [0.25, 0.3) is 0 Å². The standard InChI is InChI=1S/C13H23N3O2/c1-9-7-10(15-18-9)8-16(6)11(17)12(2,3)13(4,5)14/h7H,8,14H2,1-6H3. The fourth-order valence-electron chi connectivity index (χ4n) is 1.56. The number of hydrogen-bond acceptors (Lipinski definition) is 4. The van der Waals surface area contributed by atoms with Gasteiger partial charge in [0.1, 0.15) is 11.5 Å². The molecule has 0 saturated carbocycles. The van der Waals surface area contributed by atoms with E-state index >= 15 is 0 Å². The second-order valence-corrected chi connectivity index (χ2v) is 5.94. The molecule has 5 nitrogen and oxygen atoms in total. The van der Waals surface area contributed by atoms with Gasteiger partial charge in [0.05, 0.1) is 12.0 Å². The Bertz CT molecular complexity index is 430. The SMILES string of the molecule is Cc1cc(CN(C)C(=O)C(C)(C)C(C)(C)N)no1. The fraction of sp³-hybridized carbons (Fsp3) is 0.692. The van der Waals surface area contributed by atoms with Crippen LogP contribution in [0, 0.1) is 12.3 Å². The van der Waals surface area contributed by atoms with Gasteiger partial charge < -0.3 is 15.2 Å². The summed E-state index contributed by atoms with van der Waals surface area (Å²) < 4.78 is 4.99. The molecular formula is C13H23N3O2. The zero-order valence-electron chi connectivity index (χ0n) is 12.1. The number of amides is 1. The van der Waals surface area contributed by atoms with Gasteiger partial charge in [0.15, 0.2) is 0 Å². The van der Waals surface area contributed by atoms with Crippen molar-refractivity contribution < 1.29 is 9.32 Å². The second-order valence-electron chi connectivity index (χ2n) is 5.94. The van der Waals surface area contributed by atoms with Crippen molar-refractivity contribution in [3.63, 3.8) is 0 Å². The van der Waals surface area contributed by atoms with Crippen LogP contribution in [0.15, 0.2) is 10.6 Å². The summed E-state index contributed by atoms with van der Waals surface area (Å²) in [5, 5.41) is 3.88. The molecule has 1 amide bonds. The molecule has 0 aliphatic heterocycles. The Morgan fingerprint density at radius 2 is 2.00 bits per heavy atom. The fourth-order valence-corrected chi connectivity index (χ4v) is 1.56. The summed E-state index contributed by atoms with van der Waals surface area (Å²) in [6, 6.07) is 1.82. The summed E-state index contributed by atoms with van der Waals surface area (Å²) in [4.78, 5) is 14.0. The normalized spacial score (nSPS) is 12.6. The zero-order valence-corrected chi connectivity index (χ0v) is 12.1. The van der Waals surface area contributed by atoms with Crippen molar-refractivity contribution in [1.82, 2.24) is 10.1 Å². The van der Waals surface area contributed by atoms with E-state index in [1.54, 1.807) is 11.9 Å². The van der Waals surface area contributed by atoms with Crippen LogP contribution in [-0.4, -0.2) is 28.6 Å². The average Bonchev–Trinajstić information content (AvgIpc) is 2.61. The molecule has 0 radical (unpaired) electrons. The van der Waals surface area contributed by atoms with Crippen molar-refractivity contribution in [3.8, 4) is 0 Å². The van der Waals surface area contributed by atoms with Gasteiger partial charge in [-0.2, -0.15) is 0 Å². The van der Waals surface area contributed by atoms with Crippen molar-refractivity contribution in [2.75, 3.05) is 7.05 Å². The average molecular weight is 253 g/mol. The number of aryl methyl sites for hydroxylation is 1. The van der Waals surface area contributed by atoms with Crippen LogP contribution >= 0.6 is 0 Å². The smallest absolute Gasteiger partial charge is 0.230 e. The Hall–Kier alpha value is -1.36. The molecule has 0 saturated heterocycles. The molecule has 1 aromatic heterocycles. The van der Waals surface area contributed by atoms with Crippen LogP contribution in [0.5, 0.6) is 0 Å². The maximum Gasteiger partial charge on any atom is 0.230 e. The van der Waals surface area contributed by atoms with Crippen molar-refractivity contribution >= 4 is 5.91 Å². The molecule has 2 N–H and O–H groups in total. The predicted molar refractivity (Wildman–Crippen MR) is 69.8 cm³/mol. The van der Waals surface area contributed by atoms with Gasteiger partial charge in [0.2, 0.25) is 5.91 Å². The van der Waals surface area contributed by atoms with Gasteiger partial charge in [-0.15, -0.1) is 0 Å². The predicted octanol–water partition coefficient (Wildman–Crippen LogP) is 1.70. The molecule has 0 fully saturated rings. The molecule has 5 heteroatoms. The van der Waals surface area contributed by atoms with Gasteiger partial charge >= 0.3 is 0 Å². The molecule has 102 valence electrons. The largest absolute Gasteiger partial charge is 0.361 e. The van der Waals surface area contributed by atoms with Crippen LogP contribution in [0.1, 0.15) is 39.1 Å². The molecule has 0 unspecified atom stereocenters. The van der Waals surface area contributed by atoms with E-state index in [0.717, 1.165) is 11.5 Å². The molecule has 0 aromatic carbocycles. The van der Waals surface area contributed by atoms with Crippen LogP contribution in [-0.2, 0) is 11.3 Å². The van der Waals surface area contributed by atoms with Crippen LogP contribution in [0.25, 0.3) is 0 Å². The molecular weight excluding hydrogens is 230 g/mol. The van der Waals surface area contributed by atoms with E-state index in [2.05, 4.69) is 5.16 Å². The Morgan fingerprint density at radius 3 is 2.39 bits per heavy atom. The number of rotatable bonds is 4. The summed E-state index contributed by atoms with van der Waals surface area (Å²) in [7, 11) is 1.75. The van der Waals surface area contributed by atoms with Crippen LogP contribution in [0.4, 0.5) is 0 Å². The van der Waals surface area contributed by atoms with Gasteiger partial charge in [0, 0.05) is 18.7 Å². The maximum absolute atomic E-state index is 12.4. The lowest BCUT2D eigenvalue weighted by atomic mass is 9.74. The van der Waals surface area contributed by atoms with E-state index in [1.807, 2.05) is 40.7 Å². The van der Waals surface area contributed by atoms with E-state index < -0.39 is 11.0 Å². The van der Waals surface area contributed by atoms with E-state index in [0.29, 0.717) is 6.54 Å². The Morgan fingerprint density at radius 1 is 1.44 bits per heavy atom. The Balaban J connectivity index is 2.79. The lowest BCUT2D eigenvalue weighted by Gasteiger charge is -2.39. The topological polar surface area (TPSA) is 72.4 Å². The molecule has 1 aromatic rings. The molecule has 1 heterocycles. The first-order chi connectivity index (χ1) is 8.05. The highest BCUT2D eigenvalue weighted by atomic mass is 16.5. The number of hydrogen-bond donors (Lipinski definition) is 1. The zero-order chi connectivity index (χ0) is 14.1. The van der Waals surface area contributed by atoms with Gasteiger partial charge in [-0.25, -0.2) is 0 Å². The third kappa shape index (κ3) is 2.90. The molecule has 0 aliphatic rings. The Kier molecular flexibility index (Phi) is 3.86. The monoisotopic (exact) mass is 253 g/mol. The van der Waals surface area contributed by atoms with Crippen LogP contribution in [0.3, 0.4) is 0 Å². The van der Waals surface area contributed by atoms with Crippen LogP contribution < -0.4 is 5.73 Å². The minimum atomic E-state index is -0.638. The van der Waals surface area contributed by atoms with E-state index in [1.165, 1.54) is 0 Å². The van der Waals surface area contributed by atoms with Gasteiger partial charge in [-0.3, -0.25) is 4.79 Å². The molecule has 0 aliphatic carbocycles. The highest BCUT2D eigenvalue weighted by molar-refractivity contribution is 5.83. The first kappa shape index (κ1) is 14.7. The van der Waals surface area contributed by atoms with Gasteiger partial charge in [-0.05, 0) is 34.6 Å². The number of carbonyl (C=O) groups is 1. The molecule has 0 bridgehead atoms. The summed E-state index contributed by atoms with van der Waals surface area (Å²) in [5.41, 5.74) is 5.59. The first-order valence-electron chi connectivity index (χ1n) is 6.02. The van der Waals surface area contributed by atoms with Gasteiger partial charge in [-0.1, -0.05) is 5.16 Å². The van der Waals surface area contributed by atoms with Crippen molar-refractivity contribution in [2.24, 2.45) is 11.1 Å². The number of nitrogens with two attached hydrogens (primary N) is 1. The molecule has 18 heavy (non-hydrogen) atoms. The minimum Gasteiger partial charge on any atom is -0.361 e.